The average Bonchev–Trinajstić information content (AvgIpc) is 3.62. The SMILES string of the molecule is COC(=O)C(C[C@@H]1CCCNC1=O)NC(=O)[C@@H]1[C@H]2CCC[C@H]2CN1C(=O)c1cc2c(OC)cccc2[nH]1. The van der Waals surface area contributed by atoms with E-state index >= 15 is 0 Å². The molecule has 3 aliphatic rings. The molecule has 1 unspecified atom stereocenters. The van der Waals surface area contributed by atoms with Crippen molar-refractivity contribution in [3.05, 3.63) is 30.0 Å². The maximum atomic E-state index is 13.7. The number of hydrogen-bond acceptors (Lipinski definition) is 6. The Morgan fingerprint density at radius 3 is 2.76 bits per heavy atom. The molecule has 0 bridgehead atoms. The first-order valence-corrected chi connectivity index (χ1v) is 13.0. The predicted octanol–water partition coefficient (Wildman–Crippen LogP) is 1.99. The highest BCUT2D eigenvalue weighted by atomic mass is 16.5. The molecule has 0 radical (unpaired) electrons. The lowest BCUT2D eigenvalue weighted by Gasteiger charge is -2.30. The molecule has 37 heavy (non-hydrogen) atoms. The third-order valence-corrected chi connectivity index (χ3v) is 8.22. The van der Waals surface area contributed by atoms with Gasteiger partial charge in [0.15, 0.2) is 0 Å². The Balaban J connectivity index is 1.38. The van der Waals surface area contributed by atoms with Gasteiger partial charge in [-0.25, -0.2) is 4.79 Å². The van der Waals surface area contributed by atoms with Gasteiger partial charge >= 0.3 is 5.97 Å². The minimum Gasteiger partial charge on any atom is -0.496 e. The van der Waals surface area contributed by atoms with E-state index in [4.69, 9.17) is 9.47 Å². The quantitative estimate of drug-likeness (QED) is 0.489. The van der Waals surface area contributed by atoms with Crippen LogP contribution in [0.5, 0.6) is 5.75 Å². The lowest BCUT2D eigenvalue weighted by Crippen LogP contribution is -2.54. The van der Waals surface area contributed by atoms with E-state index in [2.05, 4.69) is 15.6 Å². The van der Waals surface area contributed by atoms with E-state index in [-0.39, 0.29) is 41.9 Å². The Morgan fingerprint density at radius 2 is 2.00 bits per heavy atom. The molecule has 2 aromatic rings. The van der Waals surface area contributed by atoms with E-state index in [1.807, 2.05) is 18.2 Å². The van der Waals surface area contributed by atoms with Gasteiger partial charge in [-0.3, -0.25) is 14.4 Å². The number of ether oxygens (including phenoxy) is 2. The van der Waals surface area contributed by atoms with Crippen LogP contribution in [0.25, 0.3) is 10.9 Å². The van der Waals surface area contributed by atoms with Crippen molar-refractivity contribution < 1.29 is 28.7 Å². The number of piperidine rings is 1. The highest BCUT2D eigenvalue weighted by Gasteiger charge is 2.50. The highest BCUT2D eigenvalue weighted by Crippen LogP contribution is 2.43. The third kappa shape index (κ3) is 4.76. The van der Waals surface area contributed by atoms with Crippen molar-refractivity contribution in [3.8, 4) is 5.75 Å². The number of amides is 3. The number of aromatic nitrogens is 1. The monoisotopic (exact) mass is 510 g/mol. The summed E-state index contributed by atoms with van der Waals surface area (Å²) in [4.78, 5) is 57.2. The van der Waals surface area contributed by atoms with Crippen LogP contribution in [-0.4, -0.2) is 73.0 Å². The highest BCUT2D eigenvalue weighted by molar-refractivity contribution is 6.02. The lowest BCUT2D eigenvalue weighted by molar-refractivity contribution is -0.146. The summed E-state index contributed by atoms with van der Waals surface area (Å²) in [5.41, 5.74) is 1.17. The van der Waals surface area contributed by atoms with E-state index < -0.39 is 18.1 Å². The number of hydrogen-bond donors (Lipinski definition) is 3. The van der Waals surface area contributed by atoms with Crippen LogP contribution >= 0.6 is 0 Å². The summed E-state index contributed by atoms with van der Waals surface area (Å²) >= 11 is 0. The molecule has 2 saturated heterocycles. The average molecular weight is 511 g/mol. The number of nitrogens with zero attached hydrogens (tertiary/aromatic N) is 1. The van der Waals surface area contributed by atoms with E-state index in [0.29, 0.717) is 31.0 Å². The standard InChI is InChI=1S/C27H34N4O6/c1-36-22-10-4-9-19-18(22)13-20(29-19)26(34)31-14-16-6-3-8-17(16)23(31)25(33)30-21(27(35)37-2)12-15-7-5-11-28-24(15)32/h4,9-10,13,15-17,21,23,29H,3,5-8,11-12,14H2,1-2H3,(H,28,32)(H,30,33)/t15-,16-,17-,21?,23-/m0/s1. The zero-order valence-electron chi connectivity index (χ0n) is 21.2. The number of carbonyl (C=O) groups excluding carboxylic acids is 4. The van der Waals surface area contributed by atoms with Gasteiger partial charge in [-0.1, -0.05) is 12.5 Å². The normalized spacial score (nSPS) is 25.9. The van der Waals surface area contributed by atoms with Crippen molar-refractivity contribution in [1.29, 1.82) is 0 Å². The Kier molecular flexibility index (Phi) is 7.08. The largest absolute Gasteiger partial charge is 0.496 e. The van der Waals surface area contributed by atoms with Gasteiger partial charge in [-0.15, -0.1) is 0 Å². The Bertz CT molecular complexity index is 1210. The van der Waals surface area contributed by atoms with E-state index in [1.165, 1.54) is 7.11 Å². The third-order valence-electron chi connectivity index (χ3n) is 8.22. The smallest absolute Gasteiger partial charge is 0.328 e. The maximum Gasteiger partial charge on any atom is 0.328 e. The number of likely N-dealkylation sites (tertiary alicyclic amines) is 1. The number of carbonyl (C=O) groups is 4. The van der Waals surface area contributed by atoms with Crippen LogP contribution in [0.4, 0.5) is 0 Å². The molecule has 3 heterocycles. The Morgan fingerprint density at radius 1 is 1.16 bits per heavy atom. The first-order valence-electron chi connectivity index (χ1n) is 13.0. The van der Waals surface area contributed by atoms with E-state index in [0.717, 1.165) is 36.6 Å². The summed E-state index contributed by atoms with van der Waals surface area (Å²) in [6.45, 7) is 1.11. The molecule has 1 saturated carbocycles. The number of nitrogens with one attached hydrogen (secondary N) is 3. The number of esters is 1. The molecule has 198 valence electrons. The van der Waals surface area contributed by atoms with Crippen LogP contribution in [0.1, 0.15) is 49.0 Å². The second-order valence-electron chi connectivity index (χ2n) is 10.3. The van der Waals surface area contributed by atoms with Crippen molar-refractivity contribution in [2.45, 2.75) is 50.6 Å². The molecular formula is C27H34N4O6. The second-order valence-corrected chi connectivity index (χ2v) is 10.3. The molecule has 10 nitrogen and oxygen atoms in total. The number of benzene rings is 1. The molecule has 5 rings (SSSR count). The summed E-state index contributed by atoms with van der Waals surface area (Å²) in [5, 5.41) is 6.47. The fourth-order valence-electron chi connectivity index (χ4n) is 6.38. The number of aromatic amines is 1. The minimum atomic E-state index is -0.957. The van der Waals surface area contributed by atoms with Crippen LogP contribution in [0.2, 0.25) is 0 Å². The molecule has 3 amide bonds. The van der Waals surface area contributed by atoms with Crippen LogP contribution in [0, 0.1) is 17.8 Å². The molecular weight excluding hydrogens is 476 g/mol. The van der Waals surface area contributed by atoms with Gasteiger partial charge in [0.25, 0.3) is 5.91 Å². The van der Waals surface area contributed by atoms with Crippen LogP contribution in [0.3, 0.4) is 0 Å². The van der Waals surface area contributed by atoms with Gasteiger partial charge in [0.2, 0.25) is 11.8 Å². The summed E-state index contributed by atoms with van der Waals surface area (Å²) in [6, 6.07) is 5.67. The van der Waals surface area contributed by atoms with Crippen molar-refractivity contribution in [1.82, 2.24) is 20.5 Å². The predicted molar refractivity (Wildman–Crippen MR) is 135 cm³/mol. The van der Waals surface area contributed by atoms with Gasteiger partial charge in [0.1, 0.15) is 23.5 Å². The fraction of sp³-hybridized carbons (Fsp3) is 0.556. The van der Waals surface area contributed by atoms with Gasteiger partial charge < -0.3 is 30.0 Å². The number of fused-ring (bicyclic) bond motifs is 2. The van der Waals surface area contributed by atoms with Crippen molar-refractivity contribution >= 4 is 34.6 Å². The molecule has 2 aliphatic heterocycles. The van der Waals surface area contributed by atoms with Crippen LogP contribution in [0.15, 0.2) is 24.3 Å². The molecule has 1 aliphatic carbocycles. The fourth-order valence-corrected chi connectivity index (χ4v) is 6.38. The number of methoxy groups -OCH3 is 2. The van der Waals surface area contributed by atoms with Gasteiger partial charge in [0.05, 0.1) is 14.2 Å². The molecule has 10 heteroatoms. The Labute approximate surface area is 215 Å². The molecule has 3 N–H and O–H groups in total. The van der Waals surface area contributed by atoms with Crippen molar-refractivity contribution in [3.63, 3.8) is 0 Å². The first-order chi connectivity index (χ1) is 17.9. The number of H-pyrrole nitrogens is 1. The topological polar surface area (TPSA) is 130 Å². The molecule has 1 aromatic carbocycles. The zero-order chi connectivity index (χ0) is 26.1. The van der Waals surface area contributed by atoms with E-state index in [1.54, 1.807) is 18.1 Å². The number of rotatable bonds is 7. The van der Waals surface area contributed by atoms with Crippen LogP contribution < -0.4 is 15.4 Å². The minimum absolute atomic E-state index is 0.0270. The van der Waals surface area contributed by atoms with Crippen LogP contribution in [-0.2, 0) is 19.1 Å². The van der Waals surface area contributed by atoms with Crippen molar-refractivity contribution in [2.75, 3.05) is 27.3 Å². The Hall–Kier alpha value is -3.56. The van der Waals surface area contributed by atoms with Crippen molar-refractivity contribution in [2.24, 2.45) is 17.8 Å². The molecule has 1 aromatic heterocycles. The summed E-state index contributed by atoms with van der Waals surface area (Å²) in [7, 11) is 2.85. The van der Waals surface area contributed by atoms with E-state index in [9.17, 15) is 19.2 Å². The summed E-state index contributed by atoms with van der Waals surface area (Å²) < 4.78 is 10.4. The summed E-state index contributed by atoms with van der Waals surface area (Å²) in [6.07, 6.45) is 4.45. The molecule has 0 spiro atoms. The molecule has 5 atom stereocenters. The first kappa shape index (κ1) is 25.1. The van der Waals surface area contributed by atoms with Gasteiger partial charge in [-0.05, 0) is 62.1 Å². The summed E-state index contributed by atoms with van der Waals surface area (Å²) in [5.74, 6) is -0.783. The maximum absolute atomic E-state index is 13.7. The zero-order valence-corrected chi connectivity index (χ0v) is 21.2. The lowest BCUT2D eigenvalue weighted by atomic mass is 9.90. The second kappa shape index (κ2) is 10.4. The van der Waals surface area contributed by atoms with Gasteiger partial charge in [-0.2, -0.15) is 0 Å². The molecule has 3 fully saturated rings. The van der Waals surface area contributed by atoms with Gasteiger partial charge in [0, 0.05) is 29.9 Å².